The molecule has 3 aromatic rings. The summed E-state index contributed by atoms with van der Waals surface area (Å²) in [6.45, 7) is 0. The minimum absolute atomic E-state index is 0.591. The van der Waals surface area contributed by atoms with Gasteiger partial charge in [-0.2, -0.15) is 5.10 Å². The highest BCUT2D eigenvalue weighted by molar-refractivity contribution is 5.79. The van der Waals surface area contributed by atoms with Gasteiger partial charge in [0, 0.05) is 12.6 Å². The normalized spacial score (nSPS) is 10.6. The number of anilines is 1. The molecule has 0 amide bonds. The lowest BCUT2D eigenvalue weighted by Gasteiger charge is -2.01. The summed E-state index contributed by atoms with van der Waals surface area (Å²) in [5, 5.41) is 10.8. The molecular weight excluding hydrogens is 216 g/mol. The van der Waals surface area contributed by atoms with E-state index in [1.54, 1.807) is 19.6 Å². The van der Waals surface area contributed by atoms with Gasteiger partial charge in [-0.05, 0) is 18.2 Å². The fourth-order valence-corrected chi connectivity index (χ4v) is 1.62. The molecule has 0 radical (unpaired) electrons. The van der Waals surface area contributed by atoms with E-state index >= 15 is 0 Å². The number of benzene rings is 1. The summed E-state index contributed by atoms with van der Waals surface area (Å²) < 4.78 is 0. The van der Waals surface area contributed by atoms with E-state index in [1.165, 1.54) is 0 Å². The van der Waals surface area contributed by atoms with Crippen LogP contribution in [0.3, 0.4) is 0 Å². The Morgan fingerprint density at radius 1 is 1.29 bits per heavy atom. The van der Waals surface area contributed by atoms with Gasteiger partial charge in [0.25, 0.3) is 0 Å². The summed E-state index contributed by atoms with van der Waals surface area (Å²) in [6, 6.07) is 5.81. The number of aromatic nitrogens is 5. The van der Waals surface area contributed by atoms with Gasteiger partial charge in [-0.25, -0.2) is 9.97 Å². The first kappa shape index (κ1) is 9.71. The molecule has 0 aliphatic carbocycles. The molecule has 0 aliphatic rings. The van der Waals surface area contributed by atoms with Crippen molar-refractivity contribution in [3.63, 3.8) is 0 Å². The summed E-state index contributed by atoms with van der Waals surface area (Å²) in [6.07, 6.45) is 3.25. The highest BCUT2D eigenvalue weighted by atomic mass is 15.2. The van der Waals surface area contributed by atoms with Gasteiger partial charge in [-0.1, -0.05) is 0 Å². The van der Waals surface area contributed by atoms with Crippen molar-refractivity contribution in [3.8, 4) is 11.4 Å². The maximum Gasteiger partial charge on any atom is 0.183 e. The summed E-state index contributed by atoms with van der Waals surface area (Å²) in [4.78, 5) is 11.6. The lowest BCUT2D eigenvalue weighted by molar-refractivity contribution is 0.981. The number of aromatic amines is 1. The van der Waals surface area contributed by atoms with E-state index in [-0.39, 0.29) is 0 Å². The number of rotatable bonds is 2. The Balaban J connectivity index is 2.12. The topological polar surface area (TPSA) is 79.4 Å². The van der Waals surface area contributed by atoms with Crippen LogP contribution in [0.4, 0.5) is 5.82 Å². The molecule has 2 aromatic heterocycles. The Morgan fingerprint density at radius 3 is 3.12 bits per heavy atom. The highest BCUT2D eigenvalue weighted by Gasteiger charge is 2.05. The number of fused-ring (bicyclic) bond motifs is 1. The van der Waals surface area contributed by atoms with Crippen LogP contribution in [0.25, 0.3) is 22.4 Å². The van der Waals surface area contributed by atoms with Crippen molar-refractivity contribution < 1.29 is 0 Å². The Hall–Kier alpha value is -2.50. The predicted octanol–water partition coefficient (Wildman–Crippen LogP) is 1.46. The van der Waals surface area contributed by atoms with Crippen molar-refractivity contribution in [2.24, 2.45) is 0 Å². The van der Waals surface area contributed by atoms with E-state index in [2.05, 4.69) is 30.5 Å². The highest BCUT2D eigenvalue weighted by Crippen LogP contribution is 2.19. The van der Waals surface area contributed by atoms with Crippen LogP contribution < -0.4 is 5.32 Å². The third-order valence-electron chi connectivity index (χ3n) is 2.49. The zero-order chi connectivity index (χ0) is 11.7. The smallest absolute Gasteiger partial charge is 0.183 e. The molecule has 0 fully saturated rings. The van der Waals surface area contributed by atoms with Gasteiger partial charge in [0.1, 0.15) is 5.82 Å². The molecule has 0 unspecified atom stereocenters. The van der Waals surface area contributed by atoms with Gasteiger partial charge in [-0.15, -0.1) is 5.10 Å². The molecule has 0 spiro atoms. The minimum Gasteiger partial charge on any atom is -0.372 e. The minimum atomic E-state index is 0.591. The van der Waals surface area contributed by atoms with E-state index in [9.17, 15) is 0 Å². The van der Waals surface area contributed by atoms with Gasteiger partial charge in [0.15, 0.2) is 5.82 Å². The Kier molecular flexibility index (Phi) is 2.18. The lowest BCUT2D eigenvalue weighted by Crippen LogP contribution is -1.98. The molecule has 6 nitrogen and oxygen atoms in total. The second kappa shape index (κ2) is 3.82. The fraction of sp³-hybridized carbons (Fsp3) is 0.0909. The van der Waals surface area contributed by atoms with Crippen molar-refractivity contribution in [3.05, 3.63) is 30.7 Å². The number of H-pyrrole nitrogens is 1. The summed E-state index contributed by atoms with van der Waals surface area (Å²) in [5.41, 5.74) is 2.79. The molecule has 1 aromatic carbocycles. The Morgan fingerprint density at radius 2 is 2.24 bits per heavy atom. The molecule has 0 saturated heterocycles. The van der Waals surface area contributed by atoms with E-state index in [0.717, 1.165) is 16.6 Å². The Labute approximate surface area is 97.1 Å². The van der Waals surface area contributed by atoms with Crippen molar-refractivity contribution in [2.45, 2.75) is 0 Å². The van der Waals surface area contributed by atoms with Gasteiger partial charge < -0.3 is 10.3 Å². The average Bonchev–Trinajstić information content (AvgIpc) is 2.86. The van der Waals surface area contributed by atoms with Crippen LogP contribution in [0, 0.1) is 0 Å². The first-order valence-electron chi connectivity index (χ1n) is 5.18. The molecule has 0 atom stereocenters. The molecule has 3 rings (SSSR count). The number of hydrogen-bond donors (Lipinski definition) is 2. The first-order valence-corrected chi connectivity index (χ1v) is 5.18. The van der Waals surface area contributed by atoms with E-state index in [4.69, 9.17) is 0 Å². The Bertz CT molecular complexity index is 660. The van der Waals surface area contributed by atoms with Crippen molar-refractivity contribution in [1.29, 1.82) is 0 Å². The monoisotopic (exact) mass is 226 g/mol. The third kappa shape index (κ3) is 1.69. The molecule has 17 heavy (non-hydrogen) atoms. The maximum atomic E-state index is 4.33. The predicted molar refractivity (Wildman–Crippen MR) is 64.5 cm³/mol. The molecule has 6 heteroatoms. The quantitative estimate of drug-likeness (QED) is 0.691. The summed E-state index contributed by atoms with van der Waals surface area (Å²) in [7, 11) is 1.80. The molecule has 0 bridgehead atoms. The molecular formula is C11H10N6. The molecule has 0 saturated carbocycles. The second-order valence-corrected chi connectivity index (χ2v) is 3.55. The van der Waals surface area contributed by atoms with Crippen LogP contribution in [0.5, 0.6) is 0 Å². The number of hydrogen-bond acceptors (Lipinski definition) is 5. The summed E-state index contributed by atoms with van der Waals surface area (Å²) >= 11 is 0. The molecule has 2 heterocycles. The first-order chi connectivity index (χ1) is 8.36. The standard InChI is InChI=1S/C11H10N6/c1-12-10-5-15-17-11(16-10)7-2-3-8-9(4-7)14-6-13-8/h2-6H,1H3,(H,13,14)(H,12,16,17). The fourth-order valence-electron chi connectivity index (χ4n) is 1.62. The largest absolute Gasteiger partial charge is 0.372 e. The van der Waals surface area contributed by atoms with Gasteiger partial charge >= 0.3 is 0 Å². The SMILES string of the molecule is CNc1cnnc(-c2ccc3nc[nH]c3c2)n1. The lowest BCUT2D eigenvalue weighted by atomic mass is 10.2. The average molecular weight is 226 g/mol. The second-order valence-electron chi connectivity index (χ2n) is 3.55. The third-order valence-corrected chi connectivity index (χ3v) is 2.49. The van der Waals surface area contributed by atoms with Crippen molar-refractivity contribution in [2.75, 3.05) is 12.4 Å². The van der Waals surface area contributed by atoms with Crippen LogP contribution in [0.2, 0.25) is 0 Å². The van der Waals surface area contributed by atoms with Gasteiger partial charge in [0.2, 0.25) is 0 Å². The maximum absolute atomic E-state index is 4.33. The number of nitrogens with zero attached hydrogens (tertiary/aromatic N) is 4. The zero-order valence-corrected chi connectivity index (χ0v) is 9.18. The van der Waals surface area contributed by atoms with Gasteiger partial charge in [0.05, 0.1) is 23.6 Å². The van der Waals surface area contributed by atoms with Crippen LogP contribution in [-0.4, -0.2) is 32.2 Å². The van der Waals surface area contributed by atoms with Crippen molar-refractivity contribution >= 4 is 16.9 Å². The number of imidazole rings is 1. The zero-order valence-electron chi connectivity index (χ0n) is 9.18. The van der Waals surface area contributed by atoms with Gasteiger partial charge in [-0.3, -0.25) is 0 Å². The van der Waals surface area contributed by atoms with Crippen LogP contribution in [0.15, 0.2) is 30.7 Å². The molecule has 0 aliphatic heterocycles. The van der Waals surface area contributed by atoms with E-state index in [1.807, 2.05) is 18.2 Å². The van der Waals surface area contributed by atoms with Crippen LogP contribution in [-0.2, 0) is 0 Å². The molecule has 2 N–H and O–H groups in total. The van der Waals surface area contributed by atoms with Crippen LogP contribution in [0.1, 0.15) is 0 Å². The van der Waals surface area contributed by atoms with Crippen LogP contribution >= 0.6 is 0 Å². The number of nitrogens with one attached hydrogen (secondary N) is 2. The van der Waals surface area contributed by atoms with E-state index in [0.29, 0.717) is 11.6 Å². The molecule has 84 valence electrons. The van der Waals surface area contributed by atoms with Crippen molar-refractivity contribution in [1.82, 2.24) is 25.1 Å². The van der Waals surface area contributed by atoms with E-state index < -0.39 is 0 Å². The summed E-state index contributed by atoms with van der Waals surface area (Å²) in [5.74, 6) is 1.29.